The summed E-state index contributed by atoms with van der Waals surface area (Å²) in [6.07, 6.45) is 0.396. The van der Waals surface area contributed by atoms with E-state index in [1.54, 1.807) is 31.2 Å². The lowest BCUT2D eigenvalue weighted by Gasteiger charge is -2.30. The average Bonchev–Trinajstić information content (AvgIpc) is 2.78. The number of halogens is 1. The van der Waals surface area contributed by atoms with Gasteiger partial charge < -0.3 is 19.7 Å². The van der Waals surface area contributed by atoms with Crippen molar-refractivity contribution >= 4 is 29.1 Å². The second-order valence-electron chi connectivity index (χ2n) is 6.81. The molecule has 1 atom stereocenters. The molecule has 0 spiro atoms. The van der Waals surface area contributed by atoms with Gasteiger partial charge in [-0.3, -0.25) is 19.7 Å². The molecule has 0 fully saturated rings. The van der Waals surface area contributed by atoms with Gasteiger partial charge in [0.2, 0.25) is 11.7 Å². The number of nitro groups is 1. The number of ether oxygens (including phenoxy) is 2. The van der Waals surface area contributed by atoms with Gasteiger partial charge in [-0.15, -0.1) is 0 Å². The van der Waals surface area contributed by atoms with Crippen LogP contribution in [0, 0.1) is 10.1 Å². The molecule has 32 heavy (non-hydrogen) atoms. The smallest absolute Gasteiger partial charge is 0.311 e. The molecule has 2 rings (SSSR count). The summed E-state index contributed by atoms with van der Waals surface area (Å²) in [5, 5.41) is 14.3. The maximum absolute atomic E-state index is 13.1. The van der Waals surface area contributed by atoms with E-state index in [1.165, 1.54) is 30.2 Å². The lowest BCUT2D eigenvalue weighted by Crippen LogP contribution is -2.50. The zero-order valence-electron chi connectivity index (χ0n) is 18.2. The van der Waals surface area contributed by atoms with Crippen LogP contribution in [-0.4, -0.2) is 47.9 Å². The number of hydrogen-bond donors (Lipinski definition) is 1. The number of amides is 2. The highest BCUT2D eigenvalue weighted by Gasteiger charge is 2.29. The van der Waals surface area contributed by atoms with Gasteiger partial charge in [0, 0.05) is 30.2 Å². The van der Waals surface area contributed by atoms with Gasteiger partial charge in [0.1, 0.15) is 11.8 Å². The maximum Gasteiger partial charge on any atom is 0.311 e. The van der Waals surface area contributed by atoms with Crippen LogP contribution in [0.3, 0.4) is 0 Å². The van der Waals surface area contributed by atoms with Crippen molar-refractivity contribution < 1.29 is 24.0 Å². The highest BCUT2D eigenvalue weighted by molar-refractivity contribution is 6.31. The third-order valence-electron chi connectivity index (χ3n) is 4.75. The van der Waals surface area contributed by atoms with Crippen molar-refractivity contribution in [2.24, 2.45) is 0 Å². The molecule has 2 amide bonds. The van der Waals surface area contributed by atoms with Crippen molar-refractivity contribution in [2.75, 3.05) is 20.3 Å². The number of hydrogen-bond acceptors (Lipinski definition) is 6. The first kappa shape index (κ1) is 24.9. The molecule has 172 valence electrons. The van der Waals surface area contributed by atoms with Crippen LogP contribution in [0.4, 0.5) is 5.69 Å². The molecule has 0 aliphatic carbocycles. The molecule has 0 radical (unpaired) electrons. The van der Waals surface area contributed by atoms with E-state index >= 15 is 0 Å². The Bertz CT molecular complexity index is 968. The van der Waals surface area contributed by atoms with E-state index in [9.17, 15) is 19.7 Å². The third-order valence-corrected chi connectivity index (χ3v) is 5.11. The largest absolute Gasteiger partial charge is 0.490 e. The molecule has 1 N–H and O–H groups in total. The minimum absolute atomic E-state index is 0.0154. The van der Waals surface area contributed by atoms with Crippen LogP contribution < -0.4 is 14.8 Å². The van der Waals surface area contributed by atoms with E-state index in [1.807, 2.05) is 6.92 Å². The predicted octanol–water partition coefficient (Wildman–Crippen LogP) is 3.58. The quantitative estimate of drug-likeness (QED) is 0.402. The molecule has 0 saturated carbocycles. The average molecular weight is 464 g/mol. The Kier molecular flexibility index (Phi) is 9.27. The summed E-state index contributed by atoms with van der Waals surface area (Å²) in [7, 11) is 1.31. The van der Waals surface area contributed by atoms with Crippen LogP contribution in [0.5, 0.6) is 11.5 Å². The molecule has 0 aliphatic rings. The third kappa shape index (κ3) is 6.34. The van der Waals surface area contributed by atoms with Crippen LogP contribution in [0.2, 0.25) is 5.02 Å². The van der Waals surface area contributed by atoms with Gasteiger partial charge in [-0.25, -0.2) is 0 Å². The van der Waals surface area contributed by atoms with Gasteiger partial charge in [-0.2, -0.15) is 0 Å². The summed E-state index contributed by atoms with van der Waals surface area (Å²) in [5.41, 5.74) is 0.482. The molecular formula is C22H26ClN3O6. The van der Waals surface area contributed by atoms with Gasteiger partial charge in [-0.05, 0) is 31.0 Å². The molecular weight excluding hydrogens is 438 g/mol. The minimum atomic E-state index is -0.714. The molecule has 0 aromatic heterocycles. The van der Waals surface area contributed by atoms with E-state index in [0.29, 0.717) is 23.6 Å². The molecule has 0 unspecified atom stereocenters. The van der Waals surface area contributed by atoms with Crippen molar-refractivity contribution in [3.05, 3.63) is 63.2 Å². The van der Waals surface area contributed by atoms with Crippen LogP contribution in [0.25, 0.3) is 0 Å². The van der Waals surface area contributed by atoms with Crippen molar-refractivity contribution in [2.45, 2.75) is 32.9 Å². The monoisotopic (exact) mass is 463 g/mol. The SMILES string of the molecule is CCNC(=O)[C@@H](CC)N(Cc1ccccc1Cl)C(=O)COc1ccc([N+](=O)[O-])c(OC)c1. The van der Waals surface area contributed by atoms with Crippen molar-refractivity contribution in [3.63, 3.8) is 0 Å². The highest BCUT2D eigenvalue weighted by atomic mass is 35.5. The maximum atomic E-state index is 13.1. The van der Waals surface area contributed by atoms with E-state index in [0.717, 1.165) is 0 Å². The molecule has 2 aromatic carbocycles. The van der Waals surface area contributed by atoms with Crippen molar-refractivity contribution in [1.29, 1.82) is 0 Å². The van der Waals surface area contributed by atoms with E-state index in [-0.39, 0.29) is 36.2 Å². The predicted molar refractivity (Wildman–Crippen MR) is 120 cm³/mol. The second-order valence-corrected chi connectivity index (χ2v) is 7.22. The molecule has 0 bridgehead atoms. The first-order valence-corrected chi connectivity index (χ1v) is 10.5. The van der Waals surface area contributed by atoms with Gasteiger partial charge >= 0.3 is 5.69 Å². The minimum Gasteiger partial charge on any atom is -0.490 e. The van der Waals surface area contributed by atoms with Crippen LogP contribution in [0.15, 0.2) is 42.5 Å². The van der Waals surface area contributed by atoms with Gasteiger partial charge in [-0.1, -0.05) is 36.7 Å². The zero-order chi connectivity index (χ0) is 23.7. The van der Waals surface area contributed by atoms with E-state index in [2.05, 4.69) is 5.32 Å². The number of nitro benzene ring substituents is 1. The fourth-order valence-corrected chi connectivity index (χ4v) is 3.34. The number of benzene rings is 2. The standard InChI is InChI=1S/C22H26ClN3O6/c1-4-18(22(28)24-5-2)25(13-15-8-6-7-9-17(15)23)21(27)14-32-16-10-11-19(26(29)30)20(12-16)31-3/h6-12,18H,4-5,13-14H2,1-3H3,(H,24,28)/t18-/m1/s1. The number of nitrogens with zero attached hydrogens (tertiary/aromatic N) is 2. The summed E-state index contributed by atoms with van der Waals surface area (Å²) in [6, 6.07) is 10.3. The Morgan fingerprint density at radius 3 is 2.53 bits per heavy atom. The summed E-state index contributed by atoms with van der Waals surface area (Å²) >= 11 is 6.27. The molecule has 0 heterocycles. The number of rotatable bonds is 11. The first-order chi connectivity index (χ1) is 15.3. The van der Waals surface area contributed by atoms with Crippen molar-refractivity contribution in [1.82, 2.24) is 10.2 Å². The summed E-state index contributed by atoms with van der Waals surface area (Å²) in [4.78, 5) is 37.6. The Morgan fingerprint density at radius 2 is 1.94 bits per heavy atom. The van der Waals surface area contributed by atoms with Crippen LogP contribution >= 0.6 is 11.6 Å². The molecule has 10 heteroatoms. The van der Waals surface area contributed by atoms with Gasteiger partial charge in [0.15, 0.2) is 6.61 Å². The zero-order valence-corrected chi connectivity index (χ0v) is 18.9. The topological polar surface area (TPSA) is 111 Å². The van der Waals surface area contributed by atoms with Crippen LogP contribution in [-0.2, 0) is 16.1 Å². The van der Waals surface area contributed by atoms with Crippen LogP contribution in [0.1, 0.15) is 25.8 Å². The Morgan fingerprint density at radius 1 is 1.22 bits per heavy atom. The van der Waals surface area contributed by atoms with Gasteiger partial charge in [0.05, 0.1) is 12.0 Å². The molecule has 9 nitrogen and oxygen atoms in total. The molecule has 0 aliphatic heterocycles. The molecule has 0 saturated heterocycles. The lowest BCUT2D eigenvalue weighted by atomic mass is 10.1. The Hall–Kier alpha value is -3.33. The Balaban J connectivity index is 2.24. The fourth-order valence-electron chi connectivity index (χ4n) is 3.15. The number of nitrogens with one attached hydrogen (secondary N) is 1. The Labute approximate surface area is 191 Å². The normalized spacial score (nSPS) is 11.4. The summed E-state index contributed by atoms with van der Waals surface area (Å²) < 4.78 is 10.6. The molecule has 2 aromatic rings. The second kappa shape index (κ2) is 11.9. The lowest BCUT2D eigenvalue weighted by molar-refractivity contribution is -0.385. The van der Waals surface area contributed by atoms with E-state index in [4.69, 9.17) is 21.1 Å². The number of carbonyl (C=O) groups is 2. The number of methoxy groups -OCH3 is 1. The summed E-state index contributed by atoms with van der Waals surface area (Å²) in [5.74, 6) is -0.459. The first-order valence-electron chi connectivity index (χ1n) is 10.1. The van der Waals surface area contributed by atoms with Crippen molar-refractivity contribution in [3.8, 4) is 11.5 Å². The number of likely N-dealkylation sites (N-methyl/N-ethyl adjacent to an activating group) is 1. The fraction of sp³-hybridized carbons (Fsp3) is 0.364. The van der Waals surface area contributed by atoms with Gasteiger partial charge in [0.25, 0.3) is 5.91 Å². The number of carbonyl (C=O) groups excluding carboxylic acids is 2. The highest BCUT2D eigenvalue weighted by Crippen LogP contribution is 2.31. The summed E-state index contributed by atoms with van der Waals surface area (Å²) in [6.45, 7) is 3.80. The van der Waals surface area contributed by atoms with E-state index < -0.39 is 16.9 Å².